The van der Waals surface area contributed by atoms with Gasteiger partial charge < -0.3 is 5.73 Å². The van der Waals surface area contributed by atoms with E-state index in [1.165, 1.54) is 6.07 Å². The molecule has 2 aromatic rings. The van der Waals surface area contributed by atoms with Crippen molar-refractivity contribution in [1.29, 1.82) is 0 Å². The van der Waals surface area contributed by atoms with Crippen LogP contribution in [-0.4, -0.2) is 11.5 Å². The minimum Gasteiger partial charge on any atom is -0.398 e. The van der Waals surface area contributed by atoms with Crippen molar-refractivity contribution in [2.75, 3.05) is 17.2 Å². The molecule has 0 unspecified atom stereocenters. The molecular formula is C16H15ClFNS2. The quantitative estimate of drug-likeness (QED) is 0.768. The average molecular weight is 340 g/mol. The summed E-state index contributed by atoms with van der Waals surface area (Å²) in [6.07, 6.45) is 1.12. The highest BCUT2D eigenvalue weighted by Gasteiger charge is 2.41. The fourth-order valence-electron chi connectivity index (χ4n) is 2.53. The van der Waals surface area contributed by atoms with Crippen LogP contribution >= 0.6 is 35.1 Å². The summed E-state index contributed by atoms with van der Waals surface area (Å²) >= 11 is 9.63. The maximum atomic E-state index is 14.4. The molecule has 1 saturated heterocycles. The second-order valence-corrected chi connectivity index (χ2v) is 8.19. The Morgan fingerprint density at radius 1 is 1.05 bits per heavy atom. The summed E-state index contributed by atoms with van der Waals surface area (Å²) in [7, 11) is 0. The fourth-order valence-corrected chi connectivity index (χ4v) is 6.18. The first-order valence-electron chi connectivity index (χ1n) is 6.72. The summed E-state index contributed by atoms with van der Waals surface area (Å²) in [6.45, 7) is 0. The monoisotopic (exact) mass is 339 g/mol. The predicted octanol–water partition coefficient (Wildman–Crippen LogP) is 5.13. The maximum Gasteiger partial charge on any atom is 0.129 e. The Labute approximate surface area is 137 Å². The van der Waals surface area contributed by atoms with E-state index in [0.29, 0.717) is 16.3 Å². The van der Waals surface area contributed by atoms with Crippen LogP contribution in [0.25, 0.3) is 0 Å². The van der Waals surface area contributed by atoms with Crippen molar-refractivity contribution in [1.82, 2.24) is 0 Å². The van der Waals surface area contributed by atoms with E-state index in [2.05, 4.69) is 0 Å². The van der Waals surface area contributed by atoms with Crippen molar-refractivity contribution in [2.24, 2.45) is 0 Å². The number of thioether (sulfide) groups is 2. The van der Waals surface area contributed by atoms with Gasteiger partial charge in [-0.1, -0.05) is 29.8 Å². The van der Waals surface area contributed by atoms with Crippen LogP contribution in [0, 0.1) is 5.82 Å². The number of halogens is 2. The number of hydrogen-bond donors (Lipinski definition) is 1. The Morgan fingerprint density at radius 2 is 1.76 bits per heavy atom. The molecule has 5 heteroatoms. The summed E-state index contributed by atoms with van der Waals surface area (Å²) < 4.78 is 13.9. The fraction of sp³-hybridized carbons (Fsp3) is 0.250. The summed E-state index contributed by atoms with van der Waals surface area (Å²) in [6, 6.07) is 12.4. The lowest BCUT2D eigenvalue weighted by Crippen LogP contribution is -2.26. The molecule has 21 heavy (non-hydrogen) atoms. The smallest absolute Gasteiger partial charge is 0.129 e. The molecule has 0 aliphatic carbocycles. The van der Waals surface area contributed by atoms with Gasteiger partial charge >= 0.3 is 0 Å². The molecule has 0 radical (unpaired) electrons. The Kier molecular flexibility index (Phi) is 4.38. The molecule has 1 aliphatic heterocycles. The van der Waals surface area contributed by atoms with E-state index >= 15 is 0 Å². The highest BCUT2D eigenvalue weighted by Crippen LogP contribution is 2.57. The van der Waals surface area contributed by atoms with Crippen molar-refractivity contribution in [3.8, 4) is 0 Å². The van der Waals surface area contributed by atoms with Crippen LogP contribution < -0.4 is 5.73 Å². The van der Waals surface area contributed by atoms with Gasteiger partial charge in [-0.25, -0.2) is 4.39 Å². The summed E-state index contributed by atoms with van der Waals surface area (Å²) in [4.78, 5) is 0. The van der Waals surface area contributed by atoms with Crippen molar-refractivity contribution in [3.63, 3.8) is 0 Å². The molecule has 2 aromatic carbocycles. The summed E-state index contributed by atoms with van der Waals surface area (Å²) in [5.41, 5.74) is 8.41. The van der Waals surface area contributed by atoms with Gasteiger partial charge in [-0.05, 0) is 42.2 Å². The zero-order valence-corrected chi connectivity index (χ0v) is 13.7. The van der Waals surface area contributed by atoms with Crippen LogP contribution in [0.4, 0.5) is 10.1 Å². The van der Waals surface area contributed by atoms with E-state index in [9.17, 15) is 4.39 Å². The average Bonchev–Trinajstić information content (AvgIpc) is 2.51. The minimum atomic E-state index is -0.515. The molecule has 0 amide bonds. The lowest BCUT2D eigenvalue weighted by molar-refractivity contribution is 0.609. The van der Waals surface area contributed by atoms with Crippen molar-refractivity contribution >= 4 is 40.8 Å². The van der Waals surface area contributed by atoms with Crippen LogP contribution in [0.1, 0.15) is 17.5 Å². The van der Waals surface area contributed by atoms with Gasteiger partial charge in [-0.2, -0.15) is 0 Å². The molecule has 0 atom stereocenters. The van der Waals surface area contributed by atoms with Gasteiger partial charge in [0.15, 0.2) is 0 Å². The molecule has 0 saturated carbocycles. The van der Waals surface area contributed by atoms with E-state index in [1.807, 2.05) is 18.2 Å². The third-order valence-corrected chi connectivity index (χ3v) is 7.12. The van der Waals surface area contributed by atoms with E-state index < -0.39 is 4.08 Å². The zero-order valence-electron chi connectivity index (χ0n) is 11.3. The second-order valence-electron chi connectivity index (χ2n) is 4.88. The predicted molar refractivity (Wildman–Crippen MR) is 92.6 cm³/mol. The van der Waals surface area contributed by atoms with Crippen LogP contribution in [0.5, 0.6) is 0 Å². The number of benzene rings is 2. The molecule has 1 aliphatic rings. The lowest BCUT2D eigenvalue weighted by Gasteiger charge is -2.38. The number of nitrogen functional groups attached to an aromatic ring is 1. The first kappa shape index (κ1) is 15.1. The third-order valence-electron chi connectivity index (χ3n) is 3.50. The van der Waals surface area contributed by atoms with Crippen LogP contribution in [0.2, 0.25) is 5.02 Å². The standard InChI is InChI=1S/C16H15ClFNS2/c17-11-6-7-15(19)13(10-11)16(20-8-3-9-21-16)12-4-1-2-5-14(12)18/h1-2,4-7,10H,3,8-9,19H2. The molecule has 1 heterocycles. The van der Waals surface area contributed by atoms with Gasteiger partial charge in [0.25, 0.3) is 0 Å². The van der Waals surface area contributed by atoms with Crippen LogP contribution in [0.3, 0.4) is 0 Å². The van der Waals surface area contributed by atoms with E-state index in [1.54, 1.807) is 41.7 Å². The lowest BCUT2D eigenvalue weighted by atomic mass is 10.0. The number of hydrogen-bond acceptors (Lipinski definition) is 3. The highest BCUT2D eigenvalue weighted by molar-refractivity contribution is 8.18. The topological polar surface area (TPSA) is 26.0 Å². The third kappa shape index (κ3) is 2.77. The summed E-state index contributed by atoms with van der Waals surface area (Å²) in [5.74, 6) is 1.76. The van der Waals surface area contributed by atoms with E-state index in [-0.39, 0.29) is 5.82 Å². The van der Waals surface area contributed by atoms with Crippen LogP contribution in [0.15, 0.2) is 42.5 Å². The summed E-state index contributed by atoms with van der Waals surface area (Å²) in [5, 5.41) is 0.627. The van der Waals surface area contributed by atoms with Gasteiger partial charge in [-0.15, -0.1) is 23.5 Å². The van der Waals surface area contributed by atoms with Gasteiger partial charge in [0, 0.05) is 21.8 Å². The molecule has 2 N–H and O–H groups in total. The number of nitrogens with two attached hydrogens (primary N) is 1. The molecule has 0 spiro atoms. The number of anilines is 1. The molecule has 1 fully saturated rings. The van der Waals surface area contributed by atoms with Gasteiger partial charge in [0.2, 0.25) is 0 Å². The first-order valence-corrected chi connectivity index (χ1v) is 9.07. The van der Waals surface area contributed by atoms with Gasteiger partial charge in [-0.3, -0.25) is 0 Å². The van der Waals surface area contributed by atoms with Crippen molar-refractivity contribution in [3.05, 3.63) is 64.4 Å². The molecular weight excluding hydrogens is 325 g/mol. The van der Waals surface area contributed by atoms with Crippen molar-refractivity contribution < 1.29 is 4.39 Å². The zero-order chi connectivity index (χ0) is 14.9. The van der Waals surface area contributed by atoms with E-state index in [0.717, 1.165) is 23.5 Å². The minimum absolute atomic E-state index is 0.196. The molecule has 1 nitrogen and oxygen atoms in total. The second kappa shape index (κ2) is 6.11. The SMILES string of the molecule is Nc1ccc(Cl)cc1C1(c2ccccc2F)SCCCS1. The first-order chi connectivity index (χ1) is 10.1. The molecule has 110 valence electrons. The Balaban J connectivity index is 2.22. The van der Waals surface area contributed by atoms with Gasteiger partial charge in [0.05, 0.1) is 0 Å². The molecule has 0 aromatic heterocycles. The Morgan fingerprint density at radius 3 is 2.48 bits per heavy atom. The van der Waals surface area contributed by atoms with Gasteiger partial charge in [0.1, 0.15) is 9.90 Å². The maximum absolute atomic E-state index is 14.4. The Hall–Kier alpha value is -0.840. The molecule has 3 rings (SSSR count). The number of rotatable bonds is 2. The van der Waals surface area contributed by atoms with E-state index in [4.69, 9.17) is 17.3 Å². The normalized spacial score (nSPS) is 17.6. The Bertz CT molecular complexity index is 656. The van der Waals surface area contributed by atoms with Crippen molar-refractivity contribution in [2.45, 2.75) is 10.5 Å². The van der Waals surface area contributed by atoms with Crippen LogP contribution in [-0.2, 0) is 4.08 Å². The highest BCUT2D eigenvalue weighted by atomic mass is 35.5. The largest absolute Gasteiger partial charge is 0.398 e. The molecule has 0 bridgehead atoms.